The second kappa shape index (κ2) is 8.15. The largest absolute Gasteiger partial charge is 0.494 e. The van der Waals surface area contributed by atoms with Gasteiger partial charge in [-0.3, -0.25) is 9.88 Å². The van der Waals surface area contributed by atoms with E-state index in [-0.39, 0.29) is 0 Å². The van der Waals surface area contributed by atoms with E-state index in [1.54, 1.807) is 13.3 Å². The molecule has 4 heterocycles. The van der Waals surface area contributed by atoms with Crippen LogP contribution in [0.4, 0.5) is 5.82 Å². The van der Waals surface area contributed by atoms with Crippen molar-refractivity contribution in [1.82, 2.24) is 20.2 Å². The van der Waals surface area contributed by atoms with E-state index in [1.807, 2.05) is 24.3 Å². The van der Waals surface area contributed by atoms with Crippen molar-refractivity contribution >= 4 is 26.6 Å². The van der Waals surface area contributed by atoms with Crippen molar-refractivity contribution in [1.29, 1.82) is 4.78 Å². The number of aryl methyl sites for hydroxylation is 1. The summed E-state index contributed by atoms with van der Waals surface area (Å²) >= 11 is 0. The standard InChI is InChI=1S/C24H26N6O2S/c1-15-5-4-6-18(16(15)2)23-20(32-3)13-19-24(27-23)22(29-28-19)17-7-8-21(26-14-17)30-9-11-33(25,31)12-10-30/h4-8,13-14,25H,9-12H2,1-3H3,(H,28,29). The van der Waals surface area contributed by atoms with E-state index >= 15 is 0 Å². The van der Waals surface area contributed by atoms with Crippen molar-refractivity contribution in [2.75, 3.05) is 36.6 Å². The maximum absolute atomic E-state index is 11.9. The fraction of sp³-hybridized carbons (Fsp3) is 0.292. The smallest absolute Gasteiger partial charge is 0.147 e. The van der Waals surface area contributed by atoms with Crippen molar-refractivity contribution < 1.29 is 8.95 Å². The van der Waals surface area contributed by atoms with Crippen LogP contribution in [0.25, 0.3) is 33.5 Å². The summed E-state index contributed by atoms with van der Waals surface area (Å²) in [7, 11) is -0.782. The molecule has 9 heteroatoms. The van der Waals surface area contributed by atoms with Gasteiger partial charge in [-0.15, -0.1) is 0 Å². The Balaban J connectivity index is 1.53. The minimum Gasteiger partial charge on any atom is -0.494 e. The molecule has 5 rings (SSSR count). The molecule has 0 saturated carbocycles. The number of benzene rings is 1. The fourth-order valence-corrected chi connectivity index (χ4v) is 5.39. The van der Waals surface area contributed by atoms with Gasteiger partial charge in [0.05, 0.1) is 12.6 Å². The van der Waals surface area contributed by atoms with Gasteiger partial charge in [-0.25, -0.2) is 14.2 Å². The highest BCUT2D eigenvalue weighted by atomic mass is 32.2. The van der Waals surface area contributed by atoms with Crippen LogP contribution in [0.3, 0.4) is 0 Å². The zero-order valence-electron chi connectivity index (χ0n) is 18.9. The number of methoxy groups -OCH3 is 1. The lowest BCUT2D eigenvalue weighted by Crippen LogP contribution is -2.40. The lowest BCUT2D eigenvalue weighted by atomic mass is 9.99. The molecule has 0 bridgehead atoms. The first-order valence-electron chi connectivity index (χ1n) is 10.8. The highest BCUT2D eigenvalue weighted by Crippen LogP contribution is 2.36. The average Bonchev–Trinajstić information content (AvgIpc) is 3.23. The van der Waals surface area contributed by atoms with Gasteiger partial charge in [-0.05, 0) is 37.1 Å². The van der Waals surface area contributed by atoms with Crippen LogP contribution < -0.4 is 9.64 Å². The van der Waals surface area contributed by atoms with Crippen LogP contribution in [0.15, 0.2) is 42.6 Å². The van der Waals surface area contributed by atoms with Crippen LogP contribution in [0.2, 0.25) is 0 Å². The van der Waals surface area contributed by atoms with Gasteiger partial charge >= 0.3 is 0 Å². The van der Waals surface area contributed by atoms with E-state index in [0.717, 1.165) is 44.9 Å². The highest BCUT2D eigenvalue weighted by molar-refractivity contribution is 7.92. The molecule has 0 spiro atoms. The number of nitrogens with zero attached hydrogens (tertiary/aromatic N) is 4. The van der Waals surface area contributed by atoms with E-state index in [2.05, 4.69) is 46.1 Å². The number of fused-ring (bicyclic) bond motifs is 1. The lowest BCUT2D eigenvalue weighted by Gasteiger charge is -2.28. The SMILES string of the molecule is COc1cc2[nH]nc(-c3ccc(N4CCS(=N)(=O)CC4)nc3)c2nc1-c1cccc(C)c1C. The van der Waals surface area contributed by atoms with Crippen LogP contribution >= 0.6 is 0 Å². The highest BCUT2D eigenvalue weighted by Gasteiger charge is 2.21. The number of rotatable bonds is 4. The Bertz CT molecular complexity index is 1430. The molecule has 170 valence electrons. The van der Waals surface area contributed by atoms with Gasteiger partial charge in [0.2, 0.25) is 0 Å². The number of hydrogen-bond acceptors (Lipinski definition) is 7. The summed E-state index contributed by atoms with van der Waals surface area (Å²) in [5.74, 6) is 2.27. The van der Waals surface area contributed by atoms with E-state index in [4.69, 9.17) is 14.5 Å². The molecular weight excluding hydrogens is 436 g/mol. The van der Waals surface area contributed by atoms with E-state index in [0.29, 0.717) is 30.3 Å². The second-order valence-corrected chi connectivity index (χ2v) is 10.8. The molecule has 8 nitrogen and oxygen atoms in total. The van der Waals surface area contributed by atoms with E-state index in [9.17, 15) is 4.21 Å². The third-order valence-corrected chi connectivity index (χ3v) is 7.99. The quantitative estimate of drug-likeness (QED) is 0.471. The predicted octanol–water partition coefficient (Wildman–Crippen LogP) is 4.18. The minimum absolute atomic E-state index is 0.382. The molecule has 1 aliphatic rings. The monoisotopic (exact) mass is 462 g/mol. The van der Waals surface area contributed by atoms with Gasteiger partial charge < -0.3 is 9.64 Å². The zero-order chi connectivity index (χ0) is 23.2. The van der Waals surface area contributed by atoms with Crippen LogP contribution in [0.5, 0.6) is 5.75 Å². The first-order chi connectivity index (χ1) is 15.9. The molecule has 1 aliphatic heterocycles. The maximum atomic E-state index is 11.9. The van der Waals surface area contributed by atoms with Crippen LogP contribution in [-0.2, 0) is 9.73 Å². The van der Waals surface area contributed by atoms with Gasteiger partial charge in [-0.2, -0.15) is 5.10 Å². The fourth-order valence-electron chi connectivity index (χ4n) is 4.16. The van der Waals surface area contributed by atoms with Crippen molar-refractivity contribution in [2.45, 2.75) is 13.8 Å². The summed E-state index contributed by atoms with van der Waals surface area (Å²) in [6.45, 7) is 5.35. The Hall–Kier alpha value is -3.46. The Morgan fingerprint density at radius 2 is 1.91 bits per heavy atom. The molecule has 1 fully saturated rings. The van der Waals surface area contributed by atoms with Crippen molar-refractivity contribution in [3.05, 3.63) is 53.7 Å². The van der Waals surface area contributed by atoms with E-state index < -0.39 is 9.73 Å². The van der Waals surface area contributed by atoms with Gasteiger partial charge in [0, 0.05) is 57.7 Å². The summed E-state index contributed by atoms with van der Waals surface area (Å²) < 4.78 is 25.3. The first kappa shape index (κ1) is 21.4. The number of H-pyrrole nitrogens is 1. The Morgan fingerprint density at radius 3 is 2.61 bits per heavy atom. The van der Waals surface area contributed by atoms with Crippen LogP contribution in [-0.4, -0.2) is 56.1 Å². The van der Waals surface area contributed by atoms with Crippen molar-refractivity contribution in [3.8, 4) is 28.3 Å². The second-order valence-electron chi connectivity index (χ2n) is 8.37. The maximum Gasteiger partial charge on any atom is 0.147 e. The summed E-state index contributed by atoms with van der Waals surface area (Å²) in [6.07, 6.45) is 1.79. The number of hydrogen-bond donors (Lipinski definition) is 2. The predicted molar refractivity (Wildman–Crippen MR) is 131 cm³/mol. The molecule has 3 aromatic heterocycles. The number of aromatic nitrogens is 4. The molecule has 0 unspecified atom stereocenters. The topological polar surface area (TPSA) is 108 Å². The molecule has 4 aromatic rings. The number of aromatic amines is 1. The van der Waals surface area contributed by atoms with Gasteiger partial charge in [-0.1, -0.05) is 18.2 Å². The summed E-state index contributed by atoms with van der Waals surface area (Å²) in [6, 6.07) is 12.0. The van der Waals surface area contributed by atoms with Crippen molar-refractivity contribution in [2.24, 2.45) is 0 Å². The molecule has 0 aliphatic carbocycles. The Morgan fingerprint density at radius 1 is 1.12 bits per heavy atom. The van der Waals surface area contributed by atoms with E-state index in [1.165, 1.54) is 5.56 Å². The van der Waals surface area contributed by atoms with Crippen LogP contribution in [0, 0.1) is 18.6 Å². The molecule has 1 aromatic carbocycles. The molecule has 33 heavy (non-hydrogen) atoms. The number of ether oxygens (including phenoxy) is 1. The third-order valence-electron chi connectivity index (χ3n) is 6.31. The summed E-state index contributed by atoms with van der Waals surface area (Å²) in [5, 5.41) is 7.59. The summed E-state index contributed by atoms with van der Waals surface area (Å²) in [4.78, 5) is 11.7. The molecule has 0 radical (unpaired) electrons. The number of nitrogens with one attached hydrogen (secondary N) is 2. The Labute approximate surface area is 193 Å². The molecule has 0 atom stereocenters. The molecule has 0 amide bonds. The average molecular weight is 463 g/mol. The third kappa shape index (κ3) is 3.93. The zero-order valence-corrected chi connectivity index (χ0v) is 19.7. The molecular formula is C24H26N6O2S. The normalized spacial score (nSPS) is 15.7. The van der Waals surface area contributed by atoms with Crippen molar-refractivity contribution in [3.63, 3.8) is 0 Å². The number of anilines is 1. The minimum atomic E-state index is -2.43. The van der Waals surface area contributed by atoms with Gasteiger partial charge in [0.1, 0.15) is 28.5 Å². The summed E-state index contributed by atoms with van der Waals surface area (Å²) in [5.41, 5.74) is 7.31. The van der Waals surface area contributed by atoms with Gasteiger partial charge in [0.25, 0.3) is 0 Å². The van der Waals surface area contributed by atoms with Crippen LogP contribution in [0.1, 0.15) is 11.1 Å². The number of pyridine rings is 2. The molecule has 2 N–H and O–H groups in total. The molecule has 1 saturated heterocycles. The Kier molecular flexibility index (Phi) is 5.28. The van der Waals surface area contributed by atoms with Gasteiger partial charge in [0.15, 0.2) is 0 Å². The lowest BCUT2D eigenvalue weighted by molar-refractivity contribution is 0.415. The first-order valence-corrected chi connectivity index (χ1v) is 12.7.